The van der Waals surface area contributed by atoms with Crippen LogP contribution < -0.4 is 5.32 Å². The molecule has 1 aliphatic rings. The van der Waals surface area contributed by atoms with Crippen LogP contribution in [0.1, 0.15) is 18.4 Å². The Bertz CT molecular complexity index is 1200. The van der Waals surface area contributed by atoms with E-state index in [2.05, 4.69) is 10.3 Å². The van der Waals surface area contributed by atoms with Crippen molar-refractivity contribution in [3.8, 4) is 11.3 Å². The summed E-state index contributed by atoms with van der Waals surface area (Å²) in [5.41, 5.74) is 1.92. The van der Waals surface area contributed by atoms with Gasteiger partial charge in [-0.15, -0.1) is 11.3 Å². The summed E-state index contributed by atoms with van der Waals surface area (Å²) in [5, 5.41) is 15.4. The van der Waals surface area contributed by atoms with Gasteiger partial charge in [0.25, 0.3) is 5.69 Å². The number of ether oxygens (including phenoxy) is 1. The highest BCUT2D eigenvalue weighted by atomic mass is 32.1. The highest BCUT2D eigenvalue weighted by Gasteiger charge is 2.41. The molecule has 0 bridgehead atoms. The molecule has 0 spiro atoms. The largest absolute Gasteiger partial charge is 0.444 e. The summed E-state index contributed by atoms with van der Waals surface area (Å²) in [4.78, 5) is 53.0. The number of hydrogen-bond acceptors (Lipinski definition) is 8. The van der Waals surface area contributed by atoms with Crippen LogP contribution in [-0.2, 0) is 20.9 Å². The molecule has 168 valence electrons. The van der Waals surface area contributed by atoms with Crippen LogP contribution in [0.25, 0.3) is 11.3 Å². The molecule has 3 amide bonds. The second-order valence-corrected chi connectivity index (χ2v) is 8.05. The summed E-state index contributed by atoms with van der Waals surface area (Å²) >= 11 is 1.16. The van der Waals surface area contributed by atoms with Crippen molar-refractivity contribution < 1.29 is 24.0 Å². The third kappa shape index (κ3) is 5.04. The highest BCUT2D eigenvalue weighted by Crippen LogP contribution is 2.28. The van der Waals surface area contributed by atoms with Crippen molar-refractivity contribution in [1.82, 2.24) is 9.88 Å². The van der Waals surface area contributed by atoms with E-state index in [0.717, 1.165) is 21.8 Å². The van der Waals surface area contributed by atoms with E-state index in [1.54, 1.807) is 41.8 Å². The van der Waals surface area contributed by atoms with Crippen LogP contribution in [0.5, 0.6) is 0 Å². The molecule has 1 aliphatic heterocycles. The molecule has 1 atom stereocenters. The van der Waals surface area contributed by atoms with Gasteiger partial charge in [0.1, 0.15) is 12.6 Å². The minimum Gasteiger partial charge on any atom is -0.444 e. The van der Waals surface area contributed by atoms with Crippen LogP contribution in [0.4, 0.5) is 15.6 Å². The Hall–Kier alpha value is -4.12. The molecule has 3 aromatic rings. The second-order valence-electron chi connectivity index (χ2n) is 7.19. The summed E-state index contributed by atoms with van der Waals surface area (Å²) < 4.78 is 5.23. The number of anilines is 1. The Kier molecular flexibility index (Phi) is 6.41. The van der Waals surface area contributed by atoms with Crippen molar-refractivity contribution >= 4 is 40.1 Å². The monoisotopic (exact) mass is 466 g/mol. The van der Waals surface area contributed by atoms with Gasteiger partial charge in [-0.1, -0.05) is 30.3 Å². The maximum atomic E-state index is 12.8. The number of aromatic nitrogens is 1. The molecule has 11 heteroatoms. The molecule has 10 nitrogen and oxygen atoms in total. The first-order chi connectivity index (χ1) is 15.9. The molecule has 2 heterocycles. The number of rotatable bonds is 6. The van der Waals surface area contributed by atoms with Crippen molar-refractivity contribution in [2.45, 2.75) is 25.5 Å². The van der Waals surface area contributed by atoms with Crippen LogP contribution in [0.2, 0.25) is 0 Å². The Labute approximate surface area is 192 Å². The van der Waals surface area contributed by atoms with Crippen molar-refractivity contribution in [3.05, 3.63) is 75.7 Å². The zero-order chi connectivity index (χ0) is 23.4. The molecule has 1 saturated heterocycles. The van der Waals surface area contributed by atoms with Gasteiger partial charge < -0.3 is 10.1 Å². The van der Waals surface area contributed by atoms with E-state index in [0.29, 0.717) is 11.3 Å². The number of benzene rings is 2. The average Bonchev–Trinajstić information content (AvgIpc) is 3.45. The molecule has 0 aliphatic carbocycles. The summed E-state index contributed by atoms with van der Waals surface area (Å²) in [6, 6.07) is 13.9. The molecule has 33 heavy (non-hydrogen) atoms. The van der Waals surface area contributed by atoms with E-state index in [1.807, 2.05) is 6.07 Å². The third-order valence-electron chi connectivity index (χ3n) is 5.02. The molecule has 1 fully saturated rings. The van der Waals surface area contributed by atoms with Gasteiger partial charge in [0.15, 0.2) is 5.13 Å². The van der Waals surface area contributed by atoms with Crippen LogP contribution in [0.3, 0.4) is 0 Å². The normalized spacial score (nSPS) is 15.3. The number of nitro groups is 1. The van der Waals surface area contributed by atoms with Gasteiger partial charge in [-0.05, 0) is 24.1 Å². The van der Waals surface area contributed by atoms with E-state index in [-0.39, 0.29) is 30.3 Å². The molecule has 0 unspecified atom stereocenters. The van der Waals surface area contributed by atoms with Crippen LogP contribution in [0.15, 0.2) is 60.0 Å². The van der Waals surface area contributed by atoms with E-state index < -0.39 is 28.9 Å². The van der Waals surface area contributed by atoms with E-state index >= 15 is 0 Å². The van der Waals surface area contributed by atoms with Gasteiger partial charge in [-0.25, -0.2) is 14.7 Å². The predicted molar refractivity (Wildman–Crippen MR) is 119 cm³/mol. The molecule has 1 aromatic heterocycles. The standard InChI is InChI=1S/C22H18N4O6S/c27-19-11-10-18(25(19)22(29)32-12-14-4-2-1-3-5-14)20(28)24-21-23-17(13-33-21)15-6-8-16(9-7-15)26(30)31/h1-9,13,18H,10-12H2,(H,23,24,28)/t18-/m1/s1. The van der Waals surface area contributed by atoms with E-state index in [9.17, 15) is 24.5 Å². The summed E-state index contributed by atoms with van der Waals surface area (Å²) in [6.07, 6.45) is -0.622. The number of non-ortho nitro benzene ring substituents is 1. The molecule has 1 N–H and O–H groups in total. The van der Waals surface area contributed by atoms with Gasteiger partial charge in [0.2, 0.25) is 11.8 Å². The van der Waals surface area contributed by atoms with E-state index in [4.69, 9.17) is 4.74 Å². The number of carbonyl (C=O) groups is 3. The van der Waals surface area contributed by atoms with Gasteiger partial charge in [0.05, 0.1) is 10.6 Å². The van der Waals surface area contributed by atoms with Gasteiger partial charge in [0, 0.05) is 29.5 Å². The Morgan fingerprint density at radius 2 is 1.91 bits per heavy atom. The van der Waals surface area contributed by atoms with E-state index in [1.165, 1.54) is 12.1 Å². The first-order valence-electron chi connectivity index (χ1n) is 9.96. The predicted octanol–water partition coefficient (Wildman–Crippen LogP) is 3.98. The van der Waals surface area contributed by atoms with Gasteiger partial charge in [-0.2, -0.15) is 0 Å². The smallest absolute Gasteiger partial charge is 0.417 e. The quantitative estimate of drug-likeness (QED) is 0.429. The highest BCUT2D eigenvalue weighted by molar-refractivity contribution is 7.14. The zero-order valence-corrected chi connectivity index (χ0v) is 18.0. The second kappa shape index (κ2) is 9.57. The molecule has 4 rings (SSSR count). The van der Waals surface area contributed by atoms with Crippen molar-refractivity contribution in [3.63, 3.8) is 0 Å². The fourth-order valence-corrected chi connectivity index (χ4v) is 4.08. The maximum absolute atomic E-state index is 12.8. The van der Waals surface area contributed by atoms with Crippen LogP contribution in [-0.4, -0.2) is 38.8 Å². The Morgan fingerprint density at radius 3 is 2.61 bits per heavy atom. The first kappa shape index (κ1) is 22.1. The summed E-state index contributed by atoms with van der Waals surface area (Å²) in [7, 11) is 0. The van der Waals surface area contributed by atoms with Crippen molar-refractivity contribution in [1.29, 1.82) is 0 Å². The number of nitrogens with zero attached hydrogens (tertiary/aromatic N) is 3. The maximum Gasteiger partial charge on any atom is 0.417 e. The number of imide groups is 1. The number of amides is 3. The number of hydrogen-bond donors (Lipinski definition) is 1. The topological polar surface area (TPSA) is 132 Å². The molecule has 2 aromatic carbocycles. The minimum atomic E-state index is -0.993. The van der Waals surface area contributed by atoms with Crippen LogP contribution in [0, 0.1) is 10.1 Å². The molecular weight excluding hydrogens is 448 g/mol. The fraction of sp³-hybridized carbons (Fsp3) is 0.182. The first-order valence-corrected chi connectivity index (χ1v) is 10.8. The lowest BCUT2D eigenvalue weighted by Gasteiger charge is -2.21. The fourth-order valence-electron chi connectivity index (χ4n) is 3.36. The van der Waals surface area contributed by atoms with Gasteiger partial charge >= 0.3 is 6.09 Å². The van der Waals surface area contributed by atoms with Crippen molar-refractivity contribution in [2.24, 2.45) is 0 Å². The molecule has 0 saturated carbocycles. The Balaban J connectivity index is 1.40. The number of thiazole rings is 1. The number of nitrogens with one attached hydrogen (secondary N) is 1. The lowest BCUT2D eigenvalue weighted by atomic mass is 10.1. The van der Waals surface area contributed by atoms with Crippen LogP contribution >= 0.6 is 11.3 Å². The lowest BCUT2D eigenvalue weighted by molar-refractivity contribution is -0.384. The summed E-state index contributed by atoms with van der Waals surface area (Å²) in [6.45, 7) is -0.0110. The molecular formula is C22H18N4O6S. The minimum absolute atomic E-state index is 0.0110. The molecule has 0 radical (unpaired) electrons. The SMILES string of the molecule is O=C(Nc1nc(-c2ccc([N+](=O)[O-])cc2)cs1)[C@H]1CCC(=O)N1C(=O)OCc1ccccc1. The number of carbonyl (C=O) groups excluding carboxylic acids is 3. The zero-order valence-electron chi connectivity index (χ0n) is 17.2. The third-order valence-corrected chi connectivity index (χ3v) is 5.78. The van der Waals surface area contributed by atoms with Gasteiger partial charge in [-0.3, -0.25) is 19.7 Å². The summed E-state index contributed by atoms with van der Waals surface area (Å²) in [5.74, 6) is -1.01. The number of nitro benzene ring substituents is 1. The lowest BCUT2D eigenvalue weighted by Crippen LogP contribution is -2.45. The number of likely N-dealkylation sites (tertiary alicyclic amines) is 1. The van der Waals surface area contributed by atoms with Crippen molar-refractivity contribution in [2.75, 3.05) is 5.32 Å². The average molecular weight is 466 g/mol. The Morgan fingerprint density at radius 1 is 1.18 bits per heavy atom.